The molecular formula is C6H14INS. The minimum Gasteiger partial charge on any atom is -0.319 e. The maximum Gasteiger partial charge on any atom is 0.0152 e. The molecule has 56 valence electrons. The number of rotatable bonds is 4. The van der Waals surface area contributed by atoms with Crippen molar-refractivity contribution < 1.29 is 0 Å². The van der Waals surface area contributed by atoms with Crippen molar-refractivity contribution in [2.45, 2.75) is 22.5 Å². The number of nitrogens with one attached hydrogen (secondary N) is 1. The van der Waals surface area contributed by atoms with Gasteiger partial charge in [0.15, 0.2) is 0 Å². The Morgan fingerprint density at radius 2 is 2.22 bits per heavy atom. The Morgan fingerprint density at radius 3 is 2.56 bits per heavy atom. The van der Waals surface area contributed by atoms with E-state index >= 15 is 0 Å². The molecule has 0 amide bonds. The van der Waals surface area contributed by atoms with Gasteiger partial charge >= 0.3 is 0 Å². The predicted molar refractivity (Wildman–Crippen MR) is 54.8 cm³/mol. The maximum absolute atomic E-state index is 4.38. The molecule has 0 aromatic carbocycles. The fourth-order valence-electron chi connectivity index (χ4n) is 0.694. The van der Waals surface area contributed by atoms with Crippen LogP contribution in [0.3, 0.4) is 0 Å². The molecule has 0 fully saturated rings. The highest BCUT2D eigenvalue weighted by atomic mass is 127. The van der Waals surface area contributed by atoms with Crippen molar-refractivity contribution in [1.29, 1.82) is 0 Å². The molecule has 0 aliphatic heterocycles. The van der Waals surface area contributed by atoms with Gasteiger partial charge in [0.2, 0.25) is 0 Å². The number of thiol groups is 1. The molecule has 0 saturated carbocycles. The van der Waals surface area contributed by atoms with E-state index in [4.69, 9.17) is 0 Å². The zero-order valence-electron chi connectivity index (χ0n) is 5.89. The standard InChI is InChI=1S/C6H14INS/c1-5(7)3-6(9)4-8-2/h5-6,8-9H,3-4H2,1-2H3/t5-,6-/m0/s1. The van der Waals surface area contributed by atoms with Crippen molar-refractivity contribution in [1.82, 2.24) is 5.32 Å². The summed E-state index contributed by atoms with van der Waals surface area (Å²) in [6.07, 6.45) is 1.19. The molecule has 0 rings (SSSR count). The van der Waals surface area contributed by atoms with Crippen molar-refractivity contribution in [3.05, 3.63) is 0 Å². The van der Waals surface area contributed by atoms with E-state index in [-0.39, 0.29) is 0 Å². The average Bonchev–Trinajstić information content (AvgIpc) is 1.63. The molecule has 9 heavy (non-hydrogen) atoms. The fourth-order valence-corrected chi connectivity index (χ4v) is 2.21. The first kappa shape index (κ1) is 10.0. The molecule has 0 radical (unpaired) electrons. The second-order valence-corrected chi connectivity index (χ2v) is 5.08. The predicted octanol–water partition coefficient (Wildman–Crippen LogP) is 1.72. The van der Waals surface area contributed by atoms with Crippen LogP contribution in [0.25, 0.3) is 0 Å². The summed E-state index contributed by atoms with van der Waals surface area (Å²) in [6, 6.07) is 0. The third kappa shape index (κ3) is 6.93. The average molecular weight is 259 g/mol. The van der Waals surface area contributed by atoms with Crippen LogP contribution in [0.4, 0.5) is 0 Å². The molecule has 0 bridgehead atoms. The molecule has 0 aromatic heterocycles. The zero-order chi connectivity index (χ0) is 7.28. The van der Waals surface area contributed by atoms with Crippen LogP contribution >= 0.6 is 35.2 Å². The minimum absolute atomic E-state index is 0.516. The van der Waals surface area contributed by atoms with Gasteiger partial charge in [-0.1, -0.05) is 29.5 Å². The van der Waals surface area contributed by atoms with Gasteiger partial charge in [0, 0.05) is 15.7 Å². The Hall–Kier alpha value is 1.04. The third-order valence-corrected chi connectivity index (χ3v) is 1.94. The van der Waals surface area contributed by atoms with Crippen LogP contribution in [0, 0.1) is 0 Å². The topological polar surface area (TPSA) is 12.0 Å². The van der Waals surface area contributed by atoms with Gasteiger partial charge in [-0.25, -0.2) is 0 Å². The molecule has 0 unspecified atom stereocenters. The first-order valence-corrected chi connectivity index (χ1v) is 4.89. The van der Waals surface area contributed by atoms with Crippen LogP contribution in [-0.4, -0.2) is 22.8 Å². The van der Waals surface area contributed by atoms with E-state index in [9.17, 15) is 0 Å². The van der Waals surface area contributed by atoms with Crippen LogP contribution in [0.1, 0.15) is 13.3 Å². The van der Waals surface area contributed by atoms with Crippen LogP contribution in [0.15, 0.2) is 0 Å². The van der Waals surface area contributed by atoms with Crippen LogP contribution in [-0.2, 0) is 0 Å². The van der Waals surface area contributed by atoms with Gasteiger partial charge < -0.3 is 5.32 Å². The van der Waals surface area contributed by atoms with Gasteiger partial charge in [0.05, 0.1) is 0 Å². The van der Waals surface area contributed by atoms with E-state index < -0.39 is 0 Å². The molecule has 2 atom stereocenters. The molecule has 3 heteroatoms. The normalized spacial score (nSPS) is 17.3. The second-order valence-electron chi connectivity index (χ2n) is 2.23. The summed E-state index contributed by atoms with van der Waals surface area (Å²) in [5, 5.41) is 3.61. The zero-order valence-corrected chi connectivity index (χ0v) is 8.95. The molecule has 0 saturated heterocycles. The summed E-state index contributed by atoms with van der Waals surface area (Å²) in [4.78, 5) is 0. The van der Waals surface area contributed by atoms with Crippen molar-refractivity contribution in [2.75, 3.05) is 13.6 Å². The molecule has 0 aromatic rings. The van der Waals surface area contributed by atoms with E-state index in [0.29, 0.717) is 5.25 Å². The van der Waals surface area contributed by atoms with Gasteiger partial charge in [0.1, 0.15) is 0 Å². The lowest BCUT2D eigenvalue weighted by Crippen LogP contribution is -2.20. The molecule has 0 heterocycles. The maximum atomic E-state index is 4.38. The summed E-state index contributed by atoms with van der Waals surface area (Å²) >= 11 is 6.80. The summed E-state index contributed by atoms with van der Waals surface area (Å²) in [6.45, 7) is 3.22. The van der Waals surface area contributed by atoms with Crippen molar-refractivity contribution in [3.8, 4) is 0 Å². The Morgan fingerprint density at radius 1 is 1.67 bits per heavy atom. The van der Waals surface area contributed by atoms with Gasteiger partial charge in [-0.2, -0.15) is 12.6 Å². The number of halogens is 1. The highest BCUT2D eigenvalue weighted by Gasteiger charge is 2.04. The molecule has 0 spiro atoms. The lowest BCUT2D eigenvalue weighted by atomic mass is 10.2. The summed E-state index contributed by atoms with van der Waals surface area (Å²) in [7, 11) is 1.96. The van der Waals surface area contributed by atoms with E-state index in [1.165, 1.54) is 6.42 Å². The van der Waals surface area contributed by atoms with E-state index in [1.807, 2.05) is 7.05 Å². The SMILES string of the molecule is CNC[C@@H](S)C[C@H](C)I. The smallest absolute Gasteiger partial charge is 0.0152 e. The Labute approximate surface area is 76.5 Å². The molecular weight excluding hydrogens is 245 g/mol. The van der Waals surface area contributed by atoms with E-state index in [1.54, 1.807) is 0 Å². The quantitative estimate of drug-likeness (QED) is 0.445. The monoisotopic (exact) mass is 259 g/mol. The summed E-state index contributed by atoms with van der Waals surface area (Å²) < 4.78 is 0.735. The van der Waals surface area contributed by atoms with Crippen molar-refractivity contribution >= 4 is 35.2 Å². The van der Waals surface area contributed by atoms with Crippen molar-refractivity contribution in [3.63, 3.8) is 0 Å². The van der Waals surface area contributed by atoms with Gasteiger partial charge in [0.25, 0.3) is 0 Å². The number of hydrogen-bond donors (Lipinski definition) is 2. The van der Waals surface area contributed by atoms with E-state index in [2.05, 4.69) is 47.5 Å². The van der Waals surface area contributed by atoms with Gasteiger partial charge in [-0.15, -0.1) is 0 Å². The summed E-state index contributed by atoms with van der Waals surface area (Å²) in [5.41, 5.74) is 0. The molecule has 1 nitrogen and oxygen atoms in total. The van der Waals surface area contributed by atoms with Crippen molar-refractivity contribution in [2.24, 2.45) is 0 Å². The lowest BCUT2D eigenvalue weighted by Gasteiger charge is -2.10. The lowest BCUT2D eigenvalue weighted by molar-refractivity contribution is 0.702. The highest BCUT2D eigenvalue weighted by molar-refractivity contribution is 14.1. The Kier molecular flexibility index (Phi) is 6.47. The largest absolute Gasteiger partial charge is 0.319 e. The third-order valence-electron chi connectivity index (χ3n) is 1.04. The van der Waals surface area contributed by atoms with Crippen LogP contribution < -0.4 is 5.32 Å². The minimum atomic E-state index is 0.516. The first-order chi connectivity index (χ1) is 4.16. The highest BCUT2D eigenvalue weighted by Crippen LogP contribution is 2.10. The molecule has 0 aliphatic carbocycles. The van der Waals surface area contributed by atoms with Gasteiger partial charge in [-0.05, 0) is 13.5 Å². The second kappa shape index (κ2) is 5.80. The van der Waals surface area contributed by atoms with Gasteiger partial charge in [-0.3, -0.25) is 0 Å². The van der Waals surface area contributed by atoms with Crippen LogP contribution in [0.5, 0.6) is 0 Å². The number of hydrogen-bond acceptors (Lipinski definition) is 2. The fraction of sp³-hybridized carbons (Fsp3) is 1.00. The molecule has 0 aliphatic rings. The summed E-state index contributed by atoms with van der Waals surface area (Å²) in [5.74, 6) is 0. The Balaban J connectivity index is 3.15. The van der Waals surface area contributed by atoms with E-state index in [0.717, 1.165) is 10.5 Å². The first-order valence-electron chi connectivity index (χ1n) is 3.13. The van der Waals surface area contributed by atoms with Crippen LogP contribution in [0.2, 0.25) is 0 Å². The Bertz CT molecular complexity index is 68.1. The number of alkyl halides is 1. The molecule has 1 N–H and O–H groups in total.